The Balaban J connectivity index is 1.37. The van der Waals surface area contributed by atoms with Crippen LogP contribution in [-0.4, -0.2) is 41.6 Å². The first-order valence-corrected chi connectivity index (χ1v) is 9.87. The average molecular weight is 451 g/mol. The van der Waals surface area contributed by atoms with Crippen LogP contribution in [0, 0.1) is 0 Å². The molecule has 1 unspecified atom stereocenters. The summed E-state index contributed by atoms with van der Waals surface area (Å²) in [6.07, 6.45) is -4.12. The maximum atomic E-state index is 12.5. The van der Waals surface area contributed by atoms with Crippen LogP contribution >= 0.6 is 11.6 Å². The lowest BCUT2D eigenvalue weighted by Gasteiger charge is -2.16. The van der Waals surface area contributed by atoms with E-state index in [0.717, 1.165) is 29.2 Å². The summed E-state index contributed by atoms with van der Waals surface area (Å²) in [6.45, 7) is 1.22. The van der Waals surface area contributed by atoms with Gasteiger partial charge in [-0.05, 0) is 42.3 Å². The Morgan fingerprint density at radius 2 is 1.97 bits per heavy atom. The summed E-state index contributed by atoms with van der Waals surface area (Å²) in [7, 11) is 0. The summed E-state index contributed by atoms with van der Waals surface area (Å²) in [5.41, 5.74) is 1.90. The third-order valence-electron chi connectivity index (χ3n) is 4.90. The molecule has 0 bridgehead atoms. The molecule has 4 rings (SSSR count). The fourth-order valence-electron chi connectivity index (χ4n) is 3.44. The number of aromatic amines is 1. The molecule has 1 fully saturated rings. The molecule has 0 radical (unpaired) electrons. The molecule has 0 aliphatic carbocycles. The molecular weight excluding hydrogens is 433 g/mol. The van der Waals surface area contributed by atoms with E-state index in [0.29, 0.717) is 24.5 Å². The van der Waals surface area contributed by atoms with Gasteiger partial charge in [0.25, 0.3) is 5.91 Å². The van der Waals surface area contributed by atoms with E-state index in [4.69, 9.17) is 11.6 Å². The van der Waals surface area contributed by atoms with E-state index in [2.05, 4.69) is 20.3 Å². The van der Waals surface area contributed by atoms with Gasteiger partial charge in [0, 0.05) is 35.8 Å². The molecular formula is C21H18ClF3N4O2. The zero-order valence-electron chi connectivity index (χ0n) is 16.1. The molecule has 0 spiro atoms. The highest BCUT2D eigenvalue weighted by molar-refractivity contribution is 6.30. The monoisotopic (exact) mass is 450 g/mol. The Labute approximate surface area is 181 Å². The van der Waals surface area contributed by atoms with Crippen molar-refractivity contribution in [1.29, 1.82) is 0 Å². The average Bonchev–Trinajstić information content (AvgIpc) is 3.37. The van der Waals surface area contributed by atoms with E-state index in [1.807, 2.05) is 23.1 Å². The Morgan fingerprint density at radius 3 is 2.71 bits per heavy atom. The summed E-state index contributed by atoms with van der Waals surface area (Å²) in [4.78, 5) is 14.5. The third kappa shape index (κ3) is 5.29. The fraction of sp³-hybridized carbons (Fsp3) is 0.238. The molecule has 1 aromatic heterocycles. The van der Waals surface area contributed by atoms with Crippen LogP contribution < -0.4 is 15.0 Å². The SMILES string of the molecule is O=C(NC1CCN(c2cc(-c3ccc(Cl)cc3)[nH]n2)C1)c1cccc(OC(F)(F)F)c1. The van der Waals surface area contributed by atoms with Gasteiger partial charge in [-0.25, -0.2) is 0 Å². The number of hydrogen-bond donors (Lipinski definition) is 2. The minimum absolute atomic E-state index is 0.102. The zero-order valence-corrected chi connectivity index (χ0v) is 16.9. The molecule has 1 amide bonds. The summed E-state index contributed by atoms with van der Waals surface area (Å²) in [5, 5.41) is 10.9. The summed E-state index contributed by atoms with van der Waals surface area (Å²) in [5.74, 6) is -0.134. The van der Waals surface area contributed by atoms with Crippen LogP contribution in [0.15, 0.2) is 54.6 Å². The molecule has 1 aliphatic rings. The van der Waals surface area contributed by atoms with Crippen LogP contribution in [0.25, 0.3) is 11.3 Å². The Bertz CT molecular complexity index is 1070. The number of nitrogens with zero attached hydrogens (tertiary/aromatic N) is 2. The van der Waals surface area contributed by atoms with Gasteiger partial charge >= 0.3 is 6.36 Å². The number of benzene rings is 2. The number of carbonyl (C=O) groups is 1. The van der Waals surface area contributed by atoms with Crippen LogP contribution in [0.4, 0.5) is 19.0 Å². The quantitative estimate of drug-likeness (QED) is 0.594. The molecule has 2 heterocycles. The summed E-state index contributed by atoms with van der Waals surface area (Å²) >= 11 is 5.92. The Hall–Kier alpha value is -3.20. The van der Waals surface area contributed by atoms with E-state index >= 15 is 0 Å². The van der Waals surface area contributed by atoms with Crippen LogP contribution in [0.3, 0.4) is 0 Å². The first-order valence-electron chi connectivity index (χ1n) is 9.50. The van der Waals surface area contributed by atoms with Crippen molar-refractivity contribution in [3.8, 4) is 17.0 Å². The number of halogens is 4. The topological polar surface area (TPSA) is 70.2 Å². The maximum Gasteiger partial charge on any atom is 0.573 e. The second-order valence-corrected chi connectivity index (χ2v) is 7.56. The van der Waals surface area contributed by atoms with E-state index in [1.54, 1.807) is 12.1 Å². The largest absolute Gasteiger partial charge is 0.573 e. The van der Waals surface area contributed by atoms with Gasteiger partial charge in [-0.1, -0.05) is 29.8 Å². The van der Waals surface area contributed by atoms with Crippen molar-refractivity contribution in [2.24, 2.45) is 0 Å². The van der Waals surface area contributed by atoms with Crippen molar-refractivity contribution in [2.45, 2.75) is 18.8 Å². The van der Waals surface area contributed by atoms with Gasteiger partial charge in [0.05, 0.1) is 5.69 Å². The number of aromatic nitrogens is 2. The smallest absolute Gasteiger partial charge is 0.406 e. The van der Waals surface area contributed by atoms with Gasteiger partial charge in [-0.3, -0.25) is 9.89 Å². The normalized spacial score (nSPS) is 16.4. The second-order valence-electron chi connectivity index (χ2n) is 7.13. The first kappa shape index (κ1) is 21.0. The number of nitrogens with one attached hydrogen (secondary N) is 2. The van der Waals surface area contributed by atoms with E-state index in [1.165, 1.54) is 12.1 Å². The molecule has 1 aliphatic heterocycles. The van der Waals surface area contributed by atoms with Crippen molar-refractivity contribution in [2.75, 3.05) is 18.0 Å². The molecule has 1 saturated heterocycles. The number of H-pyrrole nitrogens is 1. The van der Waals surface area contributed by atoms with Gasteiger partial charge in [0.1, 0.15) is 5.75 Å². The minimum Gasteiger partial charge on any atom is -0.406 e. The number of carbonyl (C=O) groups excluding carboxylic acids is 1. The standard InChI is InChI=1S/C21H18ClF3N4O2/c22-15-6-4-13(5-7-15)18-11-19(28-27-18)29-9-8-16(12-29)26-20(30)14-2-1-3-17(10-14)31-21(23,24)25/h1-7,10-11,16H,8-9,12H2,(H,26,30)(H,27,28). The molecule has 1 atom stereocenters. The molecule has 10 heteroatoms. The zero-order chi connectivity index (χ0) is 22.0. The van der Waals surface area contributed by atoms with E-state index in [9.17, 15) is 18.0 Å². The van der Waals surface area contributed by atoms with E-state index < -0.39 is 18.0 Å². The number of hydrogen-bond acceptors (Lipinski definition) is 4. The summed E-state index contributed by atoms with van der Waals surface area (Å²) in [6, 6.07) is 14.2. The molecule has 3 aromatic rings. The van der Waals surface area contributed by atoms with Crippen molar-refractivity contribution in [3.05, 3.63) is 65.2 Å². The Morgan fingerprint density at radius 1 is 1.19 bits per heavy atom. The molecule has 2 N–H and O–H groups in total. The van der Waals surface area contributed by atoms with Crippen LogP contribution in [0.5, 0.6) is 5.75 Å². The summed E-state index contributed by atoms with van der Waals surface area (Å²) < 4.78 is 41.0. The molecule has 31 heavy (non-hydrogen) atoms. The van der Waals surface area contributed by atoms with Gasteiger partial charge in [-0.2, -0.15) is 5.10 Å². The van der Waals surface area contributed by atoms with Crippen molar-refractivity contribution < 1.29 is 22.7 Å². The number of anilines is 1. The first-order chi connectivity index (χ1) is 14.8. The molecule has 2 aromatic carbocycles. The van der Waals surface area contributed by atoms with Gasteiger partial charge in [0.2, 0.25) is 0 Å². The number of alkyl halides is 3. The van der Waals surface area contributed by atoms with Crippen LogP contribution in [0.2, 0.25) is 5.02 Å². The van der Waals surface area contributed by atoms with Gasteiger partial charge in [0.15, 0.2) is 5.82 Å². The van der Waals surface area contributed by atoms with Gasteiger partial charge in [-0.15, -0.1) is 13.2 Å². The van der Waals surface area contributed by atoms with Crippen molar-refractivity contribution in [1.82, 2.24) is 15.5 Å². The highest BCUT2D eigenvalue weighted by Gasteiger charge is 2.31. The molecule has 6 nitrogen and oxygen atoms in total. The fourth-order valence-corrected chi connectivity index (χ4v) is 3.57. The predicted octanol–water partition coefficient (Wildman–Crippen LogP) is 4.64. The number of amides is 1. The van der Waals surface area contributed by atoms with Gasteiger partial charge < -0.3 is 15.0 Å². The number of ether oxygens (including phenoxy) is 1. The van der Waals surface area contributed by atoms with Crippen molar-refractivity contribution >= 4 is 23.3 Å². The minimum atomic E-state index is -4.81. The highest BCUT2D eigenvalue weighted by atomic mass is 35.5. The number of rotatable bonds is 5. The lowest BCUT2D eigenvalue weighted by Crippen LogP contribution is -2.37. The second kappa shape index (κ2) is 8.50. The highest BCUT2D eigenvalue weighted by Crippen LogP contribution is 2.26. The maximum absolute atomic E-state index is 12.5. The third-order valence-corrected chi connectivity index (χ3v) is 5.15. The lowest BCUT2D eigenvalue weighted by atomic mass is 10.1. The predicted molar refractivity (Wildman–Crippen MR) is 110 cm³/mol. The van der Waals surface area contributed by atoms with Crippen molar-refractivity contribution in [3.63, 3.8) is 0 Å². The van der Waals surface area contributed by atoms with E-state index in [-0.39, 0.29) is 11.6 Å². The molecule has 162 valence electrons. The lowest BCUT2D eigenvalue weighted by molar-refractivity contribution is -0.274. The Kier molecular flexibility index (Phi) is 5.77. The van der Waals surface area contributed by atoms with Crippen LogP contribution in [0.1, 0.15) is 16.8 Å². The van der Waals surface area contributed by atoms with Crippen LogP contribution in [-0.2, 0) is 0 Å². The molecule has 0 saturated carbocycles.